The second-order valence-electron chi connectivity index (χ2n) is 5.66. The van der Waals surface area contributed by atoms with Crippen molar-refractivity contribution in [2.75, 3.05) is 18.5 Å². The van der Waals surface area contributed by atoms with Crippen LogP contribution in [0.25, 0.3) is 0 Å². The average molecular weight is 308 g/mol. The predicted molar refractivity (Wildman–Crippen MR) is 88.7 cm³/mol. The number of likely N-dealkylation sites (tertiary alicyclic amines) is 1. The fourth-order valence-corrected chi connectivity index (χ4v) is 3.20. The average Bonchev–Trinajstić information content (AvgIpc) is 2.94. The minimum atomic E-state index is -0.111. The number of hydrogen-bond acceptors (Lipinski definition) is 3. The molecule has 1 aliphatic rings. The monoisotopic (exact) mass is 308 g/mol. The quantitative estimate of drug-likeness (QED) is 0.877. The molecule has 0 aliphatic carbocycles. The number of amides is 2. The molecule has 0 radical (unpaired) electrons. The van der Waals surface area contributed by atoms with Crippen LogP contribution in [0.2, 0.25) is 0 Å². The fourth-order valence-electron chi connectivity index (χ4n) is 2.49. The highest BCUT2D eigenvalue weighted by molar-refractivity contribution is 7.99. The van der Waals surface area contributed by atoms with E-state index in [1.807, 2.05) is 30.0 Å². The van der Waals surface area contributed by atoms with Crippen molar-refractivity contribution in [3.8, 4) is 0 Å². The van der Waals surface area contributed by atoms with Crippen molar-refractivity contribution < 1.29 is 9.90 Å². The van der Waals surface area contributed by atoms with Crippen LogP contribution in [0.3, 0.4) is 0 Å². The van der Waals surface area contributed by atoms with Crippen molar-refractivity contribution in [3.05, 3.63) is 29.8 Å². The van der Waals surface area contributed by atoms with Gasteiger partial charge < -0.3 is 15.3 Å². The molecule has 1 atom stereocenters. The summed E-state index contributed by atoms with van der Waals surface area (Å²) in [7, 11) is 0. The van der Waals surface area contributed by atoms with Gasteiger partial charge in [-0.25, -0.2) is 4.79 Å². The van der Waals surface area contributed by atoms with Crippen LogP contribution in [0.1, 0.15) is 32.3 Å². The van der Waals surface area contributed by atoms with Gasteiger partial charge in [-0.05, 0) is 35.8 Å². The molecule has 21 heavy (non-hydrogen) atoms. The van der Waals surface area contributed by atoms with Gasteiger partial charge >= 0.3 is 6.03 Å². The summed E-state index contributed by atoms with van der Waals surface area (Å²) in [5.41, 5.74) is 2.04. The molecular formula is C16H24N2O2S. The highest BCUT2D eigenvalue weighted by Crippen LogP contribution is 2.21. The van der Waals surface area contributed by atoms with Crippen molar-refractivity contribution in [2.24, 2.45) is 0 Å². The first-order valence-electron chi connectivity index (χ1n) is 7.49. The lowest BCUT2D eigenvalue weighted by Crippen LogP contribution is -2.40. The molecule has 116 valence electrons. The molecule has 1 unspecified atom stereocenters. The summed E-state index contributed by atoms with van der Waals surface area (Å²) >= 11 is 1.89. The summed E-state index contributed by atoms with van der Waals surface area (Å²) in [6, 6.07) is 7.84. The highest BCUT2D eigenvalue weighted by atomic mass is 32.2. The normalized spacial score (nSPS) is 18.3. The third-order valence-corrected chi connectivity index (χ3v) is 4.78. The zero-order valence-corrected chi connectivity index (χ0v) is 13.5. The Morgan fingerprint density at radius 2 is 2.33 bits per heavy atom. The van der Waals surface area contributed by atoms with Crippen LogP contribution >= 0.6 is 11.8 Å². The van der Waals surface area contributed by atoms with Gasteiger partial charge in [0.05, 0.1) is 12.6 Å². The largest absolute Gasteiger partial charge is 0.394 e. The van der Waals surface area contributed by atoms with Crippen molar-refractivity contribution >= 4 is 23.5 Å². The van der Waals surface area contributed by atoms with Crippen LogP contribution in [0.15, 0.2) is 24.3 Å². The molecule has 0 saturated carbocycles. The van der Waals surface area contributed by atoms with E-state index in [1.165, 1.54) is 5.56 Å². The van der Waals surface area contributed by atoms with E-state index in [1.54, 1.807) is 4.90 Å². The van der Waals surface area contributed by atoms with Gasteiger partial charge in [0.2, 0.25) is 0 Å². The Hall–Kier alpha value is -1.20. The number of rotatable bonds is 5. The summed E-state index contributed by atoms with van der Waals surface area (Å²) in [4.78, 5) is 14.0. The summed E-state index contributed by atoms with van der Waals surface area (Å²) in [6.45, 7) is 5.12. The predicted octanol–water partition coefficient (Wildman–Crippen LogP) is 3.32. The molecule has 1 saturated heterocycles. The summed E-state index contributed by atoms with van der Waals surface area (Å²) in [5.74, 6) is 0.949. The SMILES string of the molecule is CC(C)SCc1cccc(NC(=O)N2CCCC2CO)c1. The summed E-state index contributed by atoms with van der Waals surface area (Å²) in [6.07, 6.45) is 1.85. The number of aliphatic hydroxyl groups excluding tert-OH is 1. The molecule has 2 N–H and O–H groups in total. The fraction of sp³-hybridized carbons (Fsp3) is 0.562. The van der Waals surface area contributed by atoms with E-state index in [9.17, 15) is 9.90 Å². The first-order valence-corrected chi connectivity index (χ1v) is 8.54. The Labute approximate surface area is 130 Å². The van der Waals surface area contributed by atoms with Gasteiger partial charge in [0.25, 0.3) is 0 Å². The molecule has 0 spiro atoms. The standard InChI is InChI=1S/C16H24N2O2S/c1-12(2)21-11-13-5-3-6-14(9-13)17-16(20)18-8-4-7-15(18)10-19/h3,5-6,9,12,15,19H,4,7-8,10-11H2,1-2H3,(H,17,20). The van der Waals surface area contributed by atoms with Gasteiger partial charge in [0, 0.05) is 18.0 Å². The van der Waals surface area contributed by atoms with Crippen molar-refractivity contribution in [1.29, 1.82) is 0 Å². The highest BCUT2D eigenvalue weighted by Gasteiger charge is 2.27. The maximum Gasteiger partial charge on any atom is 0.322 e. The zero-order chi connectivity index (χ0) is 15.2. The molecule has 1 heterocycles. The Balaban J connectivity index is 1.95. The lowest BCUT2D eigenvalue weighted by Gasteiger charge is -2.23. The number of anilines is 1. The number of nitrogens with one attached hydrogen (secondary N) is 1. The Morgan fingerprint density at radius 1 is 1.52 bits per heavy atom. The van der Waals surface area contributed by atoms with E-state index in [0.29, 0.717) is 5.25 Å². The minimum absolute atomic E-state index is 0.0373. The third kappa shape index (κ3) is 4.64. The number of hydrogen-bond donors (Lipinski definition) is 2. The Morgan fingerprint density at radius 3 is 3.05 bits per heavy atom. The lowest BCUT2D eigenvalue weighted by atomic mass is 10.2. The second-order valence-corrected chi connectivity index (χ2v) is 7.23. The number of nitrogens with zero attached hydrogens (tertiary/aromatic N) is 1. The van der Waals surface area contributed by atoms with Crippen LogP contribution in [-0.2, 0) is 5.75 Å². The van der Waals surface area contributed by atoms with E-state index >= 15 is 0 Å². The molecular weight excluding hydrogens is 284 g/mol. The number of aliphatic hydroxyl groups is 1. The van der Waals surface area contributed by atoms with Crippen LogP contribution < -0.4 is 5.32 Å². The molecule has 2 rings (SSSR count). The van der Waals surface area contributed by atoms with Crippen LogP contribution in [-0.4, -0.2) is 40.5 Å². The summed E-state index contributed by atoms with van der Waals surface area (Å²) in [5, 5.41) is 12.8. The van der Waals surface area contributed by atoms with Crippen LogP contribution in [0.4, 0.5) is 10.5 Å². The van der Waals surface area contributed by atoms with Crippen molar-refractivity contribution in [3.63, 3.8) is 0 Å². The molecule has 2 amide bonds. The third-order valence-electron chi connectivity index (χ3n) is 3.61. The maximum absolute atomic E-state index is 12.3. The van der Waals surface area contributed by atoms with Gasteiger partial charge in [-0.3, -0.25) is 0 Å². The summed E-state index contributed by atoms with van der Waals surface area (Å²) < 4.78 is 0. The van der Waals surface area contributed by atoms with Gasteiger partial charge in [0.1, 0.15) is 0 Å². The van der Waals surface area contributed by atoms with E-state index in [4.69, 9.17) is 0 Å². The zero-order valence-electron chi connectivity index (χ0n) is 12.7. The number of benzene rings is 1. The maximum atomic E-state index is 12.3. The van der Waals surface area contributed by atoms with Gasteiger partial charge in [-0.2, -0.15) is 11.8 Å². The molecule has 1 aromatic carbocycles. The number of carbonyl (C=O) groups is 1. The molecule has 1 fully saturated rings. The number of carbonyl (C=O) groups excluding carboxylic acids is 1. The van der Waals surface area contributed by atoms with Gasteiger partial charge in [-0.1, -0.05) is 26.0 Å². The minimum Gasteiger partial charge on any atom is -0.394 e. The molecule has 0 bridgehead atoms. The number of urea groups is 1. The van der Waals surface area contributed by atoms with E-state index in [0.717, 1.165) is 30.8 Å². The van der Waals surface area contributed by atoms with E-state index in [-0.39, 0.29) is 18.7 Å². The molecule has 1 aromatic rings. The van der Waals surface area contributed by atoms with Gasteiger partial charge in [-0.15, -0.1) is 0 Å². The molecule has 1 aliphatic heterocycles. The molecule has 5 heteroatoms. The molecule has 4 nitrogen and oxygen atoms in total. The van der Waals surface area contributed by atoms with Crippen molar-refractivity contribution in [1.82, 2.24) is 4.90 Å². The second kappa shape index (κ2) is 7.71. The Bertz CT molecular complexity index is 479. The smallest absolute Gasteiger partial charge is 0.322 e. The lowest BCUT2D eigenvalue weighted by molar-refractivity contribution is 0.166. The first-order chi connectivity index (χ1) is 10.1. The van der Waals surface area contributed by atoms with Crippen LogP contribution in [0, 0.1) is 0 Å². The first kappa shape index (κ1) is 16.2. The Kier molecular flexibility index (Phi) is 5.94. The topological polar surface area (TPSA) is 52.6 Å². The van der Waals surface area contributed by atoms with E-state index < -0.39 is 0 Å². The van der Waals surface area contributed by atoms with Gasteiger partial charge in [0.15, 0.2) is 0 Å². The van der Waals surface area contributed by atoms with E-state index in [2.05, 4.69) is 25.2 Å². The molecule has 0 aromatic heterocycles. The van der Waals surface area contributed by atoms with Crippen molar-refractivity contribution in [2.45, 2.75) is 43.7 Å². The van der Waals surface area contributed by atoms with Crippen LogP contribution in [0.5, 0.6) is 0 Å². The number of thioether (sulfide) groups is 1.